The first-order valence-electron chi connectivity index (χ1n) is 7.88. The third kappa shape index (κ3) is 3.11. The zero-order chi connectivity index (χ0) is 14.7. The Hall–Kier alpha value is -1.80. The van der Waals surface area contributed by atoms with Gasteiger partial charge in [-0.15, -0.1) is 0 Å². The van der Waals surface area contributed by atoms with Crippen molar-refractivity contribution < 1.29 is 0 Å². The molecule has 1 N–H and O–H groups in total. The van der Waals surface area contributed by atoms with Crippen LogP contribution in [0.25, 0.3) is 0 Å². The fraction of sp³-hybridized carbons (Fsp3) is 0.368. The fourth-order valence-electron chi connectivity index (χ4n) is 3.26. The molecule has 0 spiro atoms. The van der Waals surface area contributed by atoms with Gasteiger partial charge in [-0.1, -0.05) is 36.4 Å². The van der Waals surface area contributed by atoms with E-state index in [-0.39, 0.29) is 0 Å². The first-order chi connectivity index (χ1) is 10.3. The topological polar surface area (TPSA) is 15.3 Å². The van der Waals surface area contributed by atoms with Crippen molar-refractivity contribution in [1.82, 2.24) is 5.32 Å². The summed E-state index contributed by atoms with van der Waals surface area (Å²) in [6, 6.07) is 17.7. The van der Waals surface area contributed by atoms with Crippen LogP contribution in [0.4, 0.5) is 5.69 Å². The lowest BCUT2D eigenvalue weighted by Crippen LogP contribution is -2.36. The maximum Gasteiger partial charge on any atom is 0.0368 e. The van der Waals surface area contributed by atoms with E-state index in [0.29, 0.717) is 5.92 Å². The molecule has 2 aromatic rings. The molecule has 0 saturated heterocycles. The van der Waals surface area contributed by atoms with Crippen molar-refractivity contribution in [2.45, 2.75) is 26.3 Å². The van der Waals surface area contributed by atoms with Crippen molar-refractivity contribution in [3.63, 3.8) is 0 Å². The summed E-state index contributed by atoms with van der Waals surface area (Å²) < 4.78 is 0. The lowest BCUT2D eigenvalue weighted by Gasteiger charge is -2.32. The van der Waals surface area contributed by atoms with Crippen LogP contribution in [-0.4, -0.2) is 19.6 Å². The highest BCUT2D eigenvalue weighted by Gasteiger charge is 2.21. The molecule has 3 rings (SSSR count). The van der Waals surface area contributed by atoms with Gasteiger partial charge in [-0.05, 0) is 42.7 Å². The number of fused-ring (bicyclic) bond motifs is 1. The van der Waals surface area contributed by atoms with Gasteiger partial charge in [-0.2, -0.15) is 0 Å². The molecule has 1 unspecified atom stereocenters. The lowest BCUT2D eigenvalue weighted by atomic mass is 9.90. The normalized spacial score (nSPS) is 17.3. The second-order valence-electron chi connectivity index (χ2n) is 5.90. The Labute approximate surface area is 127 Å². The van der Waals surface area contributed by atoms with E-state index in [1.807, 2.05) is 0 Å². The van der Waals surface area contributed by atoms with Gasteiger partial charge in [0.05, 0.1) is 0 Å². The Morgan fingerprint density at radius 2 is 2.00 bits per heavy atom. The molecule has 0 bridgehead atoms. The Morgan fingerprint density at radius 1 is 1.14 bits per heavy atom. The maximum absolute atomic E-state index is 3.56. The molecule has 1 aliphatic rings. The van der Waals surface area contributed by atoms with Gasteiger partial charge in [0, 0.05) is 37.8 Å². The van der Waals surface area contributed by atoms with Crippen LogP contribution in [-0.2, 0) is 6.54 Å². The molecule has 2 aromatic carbocycles. The third-order valence-corrected chi connectivity index (χ3v) is 4.39. The number of nitrogens with zero attached hydrogens (tertiary/aromatic N) is 1. The minimum atomic E-state index is 0.565. The first kappa shape index (κ1) is 14.2. The van der Waals surface area contributed by atoms with E-state index >= 15 is 0 Å². The number of aryl methyl sites for hydroxylation is 1. The predicted molar refractivity (Wildman–Crippen MR) is 90.0 cm³/mol. The van der Waals surface area contributed by atoms with E-state index in [0.717, 1.165) is 26.2 Å². The van der Waals surface area contributed by atoms with Crippen LogP contribution in [0.5, 0.6) is 0 Å². The highest BCUT2D eigenvalue weighted by atomic mass is 15.1. The summed E-state index contributed by atoms with van der Waals surface area (Å²) in [5, 5.41) is 3.56. The standard InChI is InChI=1S/C19H24N2/c1-3-21(18-9-6-7-15(2)11-18)14-17-13-20-12-16-8-4-5-10-19(16)17/h4-11,17,20H,3,12-14H2,1-2H3. The molecule has 1 atom stereocenters. The molecule has 0 radical (unpaired) electrons. The summed E-state index contributed by atoms with van der Waals surface area (Å²) in [5.41, 5.74) is 5.63. The highest BCUT2D eigenvalue weighted by Crippen LogP contribution is 2.26. The van der Waals surface area contributed by atoms with Crippen molar-refractivity contribution in [3.05, 3.63) is 65.2 Å². The SMILES string of the molecule is CCN(CC1CNCc2ccccc21)c1cccc(C)c1. The Morgan fingerprint density at radius 3 is 2.81 bits per heavy atom. The molecular weight excluding hydrogens is 256 g/mol. The Bertz CT molecular complexity index is 606. The zero-order valence-corrected chi connectivity index (χ0v) is 13.0. The molecule has 0 fully saturated rings. The van der Waals surface area contributed by atoms with E-state index in [1.165, 1.54) is 22.4 Å². The molecule has 1 aliphatic heterocycles. The molecule has 0 aliphatic carbocycles. The fourth-order valence-corrected chi connectivity index (χ4v) is 3.26. The Kier molecular flexibility index (Phi) is 4.26. The Balaban J connectivity index is 1.82. The molecule has 0 saturated carbocycles. The van der Waals surface area contributed by atoms with Crippen molar-refractivity contribution in [2.24, 2.45) is 0 Å². The average Bonchev–Trinajstić information content (AvgIpc) is 2.52. The number of likely N-dealkylation sites (N-methyl/N-ethyl adjacent to an activating group) is 1. The van der Waals surface area contributed by atoms with Crippen LogP contribution >= 0.6 is 0 Å². The number of hydrogen-bond acceptors (Lipinski definition) is 2. The van der Waals surface area contributed by atoms with E-state index < -0.39 is 0 Å². The summed E-state index contributed by atoms with van der Waals surface area (Å²) in [7, 11) is 0. The quantitative estimate of drug-likeness (QED) is 0.918. The molecule has 2 heteroatoms. The summed E-state index contributed by atoms with van der Waals surface area (Å²) in [6.07, 6.45) is 0. The second kappa shape index (κ2) is 6.31. The summed E-state index contributed by atoms with van der Waals surface area (Å²) in [6.45, 7) is 8.59. The maximum atomic E-state index is 3.56. The average molecular weight is 280 g/mol. The molecule has 21 heavy (non-hydrogen) atoms. The molecule has 2 nitrogen and oxygen atoms in total. The summed E-state index contributed by atoms with van der Waals surface area (Å²) in [5.74, 6) is 0.565. The van der Waals surface area contributed by atoms with Crippen LogP contribution in [0.15, 0.2) is 48.5 Å². The van der Waals surface area contributed by atoms with Gasteiger partial charge in [-0.3, -0.25) is 0 Å². The predicted octanol–water partition coefficient (Wildman–Crippen LogP) is 3.71. The smallest absolute Gasteiger partial charge is 0.0368 e. The molecule has 0 amide bonds. The van der Waals surface area contributed by atoms with Gasteiger partial charge in [0.2, 0.25) is 0 Å². The van der Waals surface area contributed by atoms with E-state index in [9.17, 15) is 0 Å². The monoisotopic (exact) mass is 280 g/mol. The molecule has 1 heterocycles. The van der Waals surface area contributed by atoms with Crippen molar-refractivity contribution in [2.75, 3.05) is 24.5 Å². The van der Waals surface area contributed by atoms with Crippen LogP contribution < -0.4 is 10.2 Å². The van der Waals surface area contributed by atoms with Crippen molar-refractivity contribution in [1.29, 1.82) is 0 Å². The van der Waals surface area contributed by atoms with Gasteiger partial charge >= 0.3 is 0 Å². The largest absolute Gasteiger partial charge is 0.371 e. The van der Waals surface area contributed by atoms with Crippen molar-refractivity contribution in [3.8, 4) is 0 Å². The van der Waals surface area contributed by atoms with Gasteiger partial charge in [-0.25, -0.2) is 0 Å². The van der Waals surface area contributed by atoms with Crippen LogP contribution in [0, 0.1) is 6.92 Å². The van der Waals surface area contributed by atoms with E-state index in [4.69, 9.17) is 0 Å². The molecule has 110 valence electrons. The minimum absolute atomic E-state index is 0.565. The molecule has 0 aromatic heterocycles. The zero-order valence-electron chi connectivity index (χ0n) is 13.0. The van der Waals surface area contributed by atoms with Gasteiger partial charge in [0.1, 0.15) is 0 Å². The van der Waals surface area contributed by atoms with E-state index in [2.05, 4.69) is 72.6 Å². The third-order valence-electron chi connectivity index (χ3n) is 4.39. The number of nitrogens with one attached hydrogen (secondary N) is 1. The van der Waals surface area contributed by atoms with Gasteiger partial charge in [0.15, 0.2) is 0 Å². The highest BCUT2D eigenvalue weighted by molar-refractivity contribution is 5.49. The van der Waals surface area contributed by atoms with Gasteiger partial charge < -0.3 is 10.2 Å². The van der Waals surface area contributed by atoms with Crippen molar-refractivity contribution >= 4 is 5.69 Å². The van der Waals surface area contributed by atoms with Crippen LogP contribution in [0.1, 0.15) is 29.5 Å². The first-order valence-corrected chi connectivity index (χ1v) is 7.88. The number of hydrogen-bond donors (Lipinski definition) is 1. The number of rotatable bonds is 4. The van der Waals surface area contributed by atoms with Gasteiger partial charge in [0.25, 0.3) is 0 Å². The summed E-state index contributed by atoms with van der Waals surface area (Å²) in [4.78, 5) is 2.49. The van der Waals surface area contributed by atoms with Crippen LogP contribution in [0.2, 0.25) is 0 Å². The minimum Gasteiger partial charge on any atom is -0.371 e. The second-order valence-corrected chi connectivity index (χ2v) is 5.90. The lowest BCUT2D eigenvalue weighted by molar-refractivity contribution is 0.533. The number of benzene rings is 2. The number of anilines is 1. The van der Waals surface area contributed by atoms with E-state index in [1.54, 1.807) is 0 Å². The van der Waals surface area contributed by atoms with Crippen LogP contribution in [0.3, 0.4) is 0 Å². The molecular formula is C19H24N2. The summed E-state index contributed by atoms with van der Waals surface area (Å²) >= 11 is 0.